The van der Waals surface area contributed by atoms with E-state index in [1.54, 1.807) is 0 Å². The molecule has 2 heteroatoms. The molecule has 9 aromatic carbocycles. The molecule has 0 saturated carbocycles. The molecule has 0 saturated heterocycles. The number of para-hydroxylation sites is 1. The van der Waals surface area contributed by atoms with Crippen molar-refractivity contribution in [1.29, 1.82) is 0 Å². The smallest absolute Gasteiger partial charge is 0.0540 e. The lowest BCUT2D eigenvalue weighted by Gasteiger charge is -2.28. The Bertz CT molecular complexity index is 2870. The number of hydrogen-bond donors (Lipinski definition) is 0. The number of hydrogen-bond acceptors (Lipinski definition) is 2. The highest BCUT2D eigenvalue weighted by molar-refractivity contribution is 7.26. The van der Waals surface area contributed by atoms with Gasteiger partial charge in [0.2, 0.25) is 0 Å². The van der Waals surface area contributed by atoms with E-state index < -0.39 is 0 Å². The largest absolute Gasteiger partial charge is 0.310 e. The van der Waals surface area contributed by atoms with Crippen LogP contribution >= 0.6 is 11.3 Å². The molecule has 50 heavy (non-hydrogen) atoms. The van der Waals surface area contributed by atoms with Gasteiger partial charge in [-0.15, -0.1) is 11.3 Å². The summed E-state index contributed by atoms with van der Waals surface area (Å²) < 4.78 is 2.66. The first-order valence-electron chi connectivity index (χ1n) is 17.1. The molecule has 0 unspecified atom stereocenters. The summed E-state index contributed by atoms with van der Waals surface area (Å²) in [5.41, 5.74) is 8.27. The first kappa shape index (κ1) is 28.8. The summed E-state index contributed by atoms with van der Waals surface area (Å²) in [5.74, 6) is 0. The molecule has 0 aliphatic carbocycles. The van der Waals surface area contributed by atoms with Crippen LogP contribution in [0.15, 0.2) is 188 Å². The van der Waals surface area contributed by atoms with Gasteiger partial charge in [-0.05, 0) is 91.5 Å². The maximum absolute atomic E-state index is 2.41. The third-order valence-corrected chi connectivity index (χ3v) is 11.2. The van der Waals surface area contributed by atoms with Crippen LogP contribution in [-0.4, -0.2) is 0 Å². The normalized spacial score (nSPS) is 11.6. The highest BCUT2D eigenvalue weighted by atomic mass is 32.1. The maximum atomic E-state index is 2.41. The topological polar surface area (TPSA) is 3.24 Å². The van der Waals surface area contributed by atoms with Gasteiger partial charge in [-0.3, -0.25) is 0 Å². The summed E-state index contributed by atoms with van der Waals surface area (Å²) in [6, 6.07) is 68.7. The van der Waals surface area contributed by atoms with E-state index in [1.165, 1.54) is 74.7 Å². The van der Waals surface area contributed by atoms with E-state index in [0.29, 0.717) is 0 Å². The lowest BCUT2D eigenvalue weighted by Crippen LogP contribution is -2.11. The van der Waals surface area contributed by atoms with Crippen LogP contribution in [0.4, 0.5) is 17.1 Å². The molecule has 0 fully saturated rings. The Balaban J connectivity index is 1.13. The van der Waals surface area contributed by atoms with Gasteiger partial charge in [0.1, 0.15) is 0 Å². The lowest BCUT2D eigenvalue weighted by molar-refractivity contribution is 1.29. The van der Waals surface area contributed by atoms with Gasteiger partial charge in [-0.2, -0.15) is 0 Å². The van der Waals surface area contributed by atoms with Crippen LogP contribution in [-0.2, 0) is 0 Å². The lowest BCUT2D eigenvalue weighted by atomic mass is 9.99. The van der Waals surface area contributed by atoms with Gasteiger partial charge in [-0.25, -0.2) is 0 Å². The van der Waals surface area contributed by atoms with Gasteiger partial charge in [-0.1, -0.05) is 146 Å². The number of benzene rings is 9. The molecule has 234 valence electrons. The first-order valence-corrected chi connectivity index (χ1v) is 17.9. The molecule has 0 N–H and O–H groups in total. The highest BCUT2D eigenvalue weighted by Gasteiger charge is 2.19. The molecule has 0 atom stereocenters. The fourth-order valence-corrected chi connectivity index (χ4v) is 8.87. The fourth-order valence-electron chi connectivity index (χ4n) is 7.60. The predicted molar refractivity (Wildman–Crippen MR) is 217 cm³/mol. The first-order chi connectivity index (χ1) is 24.8. The van der Waals surface area contributed by atoms with Crippen molar-refractivity contribution < 1.29 is 0 Å². The summed E-state index contributed by atoms with van der Waals surface area (Å²) >= 11 is 1.89. The van der Waals surface area contributed by atoms with Crippen molar-refractivity contribution in [2.24, 2.45) is 0 Å². The second-order valence-electron chi connectivity index (χ2n) is 12.9. The van der Waals surface area contributed by atoms with Crippen molar-refractivity contribution >= 4 is 80.9 Å². The molecule has 1 aromatic heterocycles. The van der Waals surface area contributed by atoms with E-state index in [2.05, 4.69) is 193 Å². The number of thiophene rings is 1. The fraction of sp³-hybridized carbons (Fsp3) is 0. The van der Waals surface area contributed by atoms with Crippen molar-refractivity contribution in [3.63, 3.8) is 0 Å². The Hall–Kier alpha value is -6.22. The molecule has 0 aliphatic heterocycles. The standard InChI is InChI=1S/C48H31NS/c1-2-11-32(12-3-1)42-17-8-9-20-46(42)49(39-27-28-41-37(29-39)22-21-33-13-6-7-16-40(33)41)38-25-23-34(24-26-38)43-18-10-19-44-45-30-35-14-4-5-15-36(35)31-47(45)50-48(43)44/h1-31H. The molecule has 1 heterocycles. The summed E-state index contributed by atoms with van der Waals surface area (Å²) in [6.07, 6.45) is 0. The van der Waals surface area contributed by atoms with E-state index in [1.807, 2.05) is 11.3 Å². The number of anilines is 3. The highest BCUT2D eigenvalue weighted by Crippen LogP contribution is 2.45. The maximum Gasteiger partial charge on any atom is 0.0540 e. The minimum atomic E-state index is 1.12. The second-order valence-corrected chi connectivity index (χ2v) is 14.0. The van der Waals surface area contributed by atoms with E-state index in [0.717, 1.165) is 17.1 Å². The Kier molecular flexibility index (Phi) is 6.75. The van der Waals surface area contributed by atoms with Crippen LogP contribution < -0.4 is 4.90 Å². The average Bonchev–Trinajstić information content (AvgIpc) is 3.55. The van der Waals surface area contributed by atoms with Gasteiger partial charge in [0.05, 0.1) is 5.69 Å². The molecule has 10 aromatic rings. The SMILES string of the molecule is c1ccc(-c2ccccc2N(c2ccc(-c3cccc4c3sc3cc5ccccc5cc34)cc2)c2ccc3c(ccc4ccccc43)c2)cc1. The molecule has 1 nitrogen and oxygen atoms in total. The average molecular weight is 654 g/mol. The van der Waals surface area contributed by atoms with E-state index >= 15 is 0 Å². The molecule has 0 radical (unpaired) electrons. The summed E-state index contributed by atoms with van der Waals surface area (Å²) in [5, 5.41) is 10.3. The van der Waals surface area contributed by atoms with Gasteiger partial charge in [0, 0.05) is 37.1 Å². The van der Waals surface area contributed by atoms with Crippen LogP contribution in [0.3, 0.4) is 0 Å². The summed E-state index contributed by atoms with van der Waals surface area (Å²) in [4.78, 5) is 2.41. The van der Waals surface area contributed by atoms with Gasteiger partial charge in [0.15, 0.2) is 0 Å². The molecule has 0 spiro atoms. The Morgan fingerprint density at radius 2 is 0.960 bits per heavy atom. The Morgan fingerprint density at radius 3 is 1.82 bits per heavy atom. The minimum absolute atomic E-state index is 1.12. The van der Waals surface area contributed by atoms with Crippen LogP contribution in [0.1, 0.15) is 0 Å². The van der Waals surface area contributed by atoms with Crippen LogP contribution in [0.5, 0.6) is 0 Å². The van der Waals surface area contributed by atoms with Gasteiger partial charge < -0.3 is 4.90 Å². The zero-order chi connectivity index (χ0) is 33.0. The molecule has 10 rings (SSSR count). The van der Waals surface area contributed by atoms with Gasteiger partial charge in [0.25, 0.3) is 0 Å². The van der Waals surface area contributed by atoms with E-state index in [4.69, 9.17) is 0 Å². The minimum Gasteiger partial charge on any atom is -0.310 e. The molecule has 0 amide bonds. The van der Waals surface area contributed by atoms with Crippen LogP contribution in [0, 0.1) is 0 Å². The number of rotatable bonds is 5. The second kappa shape index (κ2) is 11.7. The zero-order valence-corrected chi connectivity index (χ0v) is 28.1. The molecular formula is C48H31NS. The number of fused-ring (bicyclic) bond motifs is 7. The predicted octanol–water partition coefficient (Wildman–Crippen LogP) is 14.3. The molecule has 0 aliphatic rings. The number of nitrogens with zero attached hydrogens (tertiary/aromatic N) is 1. The van der Waals surface area contributed by atoms with Crippen LogP contribution in [0.25, 0.3) is 74.7 Å². The van der Waals surface area contributed by atoms with Crippen molar-refractivity contribution in [3.05, 3.63) is 188 Å². The monoisotopic (exact) mass is 653 g/mol. The zero-order valence-electron chi connectivity index (χ0n) is 27.3. The van der Waals surface area contributed by atoms with Crippen LogP contribution in [0.2, 0.25) is 0 Å². The van der Waals surface area contributed by atoms with E-state index in [-0.39, 0.29) is 0 Å². The molecule has 0 bridgehead atoms. The van der Waals surface area contributed by atoms with Crippen molar-refractivity contribution in [3.8, 4) is 22.3 Å². The van der Waals surface area contributed by atoms with E-state index in [9.17, 15) is 0 Å². The third-order valence-electron chi connectivity index (χ3n) is 10.0. The van der Waals surface area contributed by atoms with Crippen molar-refractivity contribution in [2.45, 2.75) is 0 Å². The van der Waals surface area contributed by atoms with Gasteiger partial charge >= 0.3 is 0 Å². The molecular weight excluding hydrogens is 623 g/mol. The van der Waals surface area contributed by atoms with Crippen molar-refractivity contribution in [2.75, 3.05) is 4.90 Å². The Morgan fingerprint density at radius 1 is 0.340 bits per heavy atom. The third kappa shape index (κ3) is 4.76. The summed E-state index contributed by atoms with van der Waals surface area (Å²) in [6.45, 7) is 0. The van der Waals surface area contributed by atoms with Crippen molar-refractivity contribution in [1.82, 2.24) is 0 Å². The quantitative estimate of drug-likeness (QED) is 0.167. The Labute approximate surface area is 294 Å². The summed E-state index contributed by atoms with van der Waals surface area (Å²) in [7, 11) is 0.